The van der Waals surface area contributed by atoms with Crippen LogP contribution >= 0.6 is 0 Å². The van der Waals surface area contributed by atoms with Crippen molar-refractivity contribution in [2.24, 2.45) is 5.73 Å². The molecule has 0 spiro atoms. The molecule has 0 aliphatic carbocycles. The fourth-order valence-corrected chi connectivity index (χ4v) is 2.11. The molecule has 0 aromatic carbocycles. The van der Waals surface area contributed by atoms with Crippen LogP contribution < -0.4 is 10.5 Å². The summed E-state index contributed by atoms with van der Waals surface area (Å²) >= 11 is 0. The molecule has 0 saturated heterocycles. The molecule has 2 aromatic heterocycles. The van der Waals surface area contributed by atoms with E-state index in [0.717, 1.165) is 30.8 Å². The minimum Gasteiger partial charge on any atom is -0.481 e. The Morgan fingerprint density at radius 3 is 2.80 bits per heavy atom. The van der Waals surface area contributed by atoms with Crippen molar-refractivity contribution >= 4 is 0 Å². The molecular formula is C14H21N5O. The first kappa shape index (κ1) is 14.5. The Bertz CT molecular complexity index is 523. The number of aromatic nitrogens is 4. The molecule has 2 rings (SSSR count). The summed E-state index contributed by atoms with van der Waals surface area (Å²) in [6.45, 7) is 3.00. The fourth-order valence-electron chi connectivity index (χ4n) is 2.11. The van der Waals surface area contributed by atoms with Gasteiger partial charge in [0.15, 0.2) is 0 Å². The Labute approximate surface area is 119 Å². The molecule has 0 bridgehead atoms. The molecule has 1 unspecified atom stereocenters. The minimum atomic E-state index is 0.00463. The normalized spacial score (nSPS) is 12.3. The molecular weight excluding hydrogens is 254 g/mol. The Balaban J connectivity index is 1.94. The Morgan fingerprint density at radius 2 is 2.15 bits per heavy atom. The van der Waals surface area contributed by atoms with Crippen LogP contribution in [0.3, 0.4) is 0 Å². The van der Waals surface area contributed by atoms with Gasteiger partial charge in [-0.25, -0.2) is 9.97 Å². The lowest BCUT2D eigenvalue weighted by Gasteiger charge is -2.12. The number of pyridine rings is 1. The predicted molar refractivity (Wildman–Crippen MR) is 76.5 cm³/mol. The molecule has 108 valence electrons. The zero-order valence-corrected chi connectivity index (χ0v) is 12.0. The number of nitrogens with zero attached hydrogens (tertiary/aromatic N) is 4. The minimum absolute atomic E-state index is 0.00463. The van der Waals surface area contributed by atoms with Crippen LogP contribution in [0.15, 0.2) is 24.7 Å². The molecule has 0 radical (unpaired) electrons. The van der Waals surface area contributed by atoms with Crippen LogP contribution in [0.25, 0.3) is 0 Å². The summed E-state index contributed by atoms with van der Waals surface area (Å²) in [5, 5.41) is 4.21. The number of hydrogen-bond acceptors (Lipinski definition) is 5. The highest BCUT2D eigenvalue weighted by Gasteiger charge is 2.11. The van der Waals surface area contributed by atoms with Crippen LogP contribution in [0.2, 0.25) is 0 Å². The van der Waals surface area contributed by atoms with Gasteiger partial charge in [-0.05, 0) is 18.4 Å². The maximum atomic E-state index is 6.19. The summed E-state index contributed by atoms with van der Waals surface area (Å²) in [5.74, 6) is 1.56. The number of nitrogens with two attached hydrogens (primary N) is 1. The van der Waals surface area contributed by atoms with Crippen LogP contribution in [0.5, 0.6) is 5.88 Å². The summed E-state index contributed by atoms with van der Waals surface area (Å²) in [4.78, 5) is 8.46. The Morgan fingerprint density at radius 1 is 1.30 bits per heavy atom. The van der Waals surface area contributed by atoms with E-state index in [0.29, 0.717) is 12.3 Å². The quantitative estimate of drug-likeness (QED) is 0.821. The zero-order valence-electron chi connectivity index (χ0n) is 12.0. The molecule has 2 N–H and O–H groups in total. The van der Waals surface area contributed by atoms with Crippen molar-refractivity contribution in [1.29, 1.82) is 0 Å². The monoisotopic (exact) mass is 275 g/mol. The molecule has 0 amide bonds. The van der Waals surface area contributed by atoms with Crippen LogP contribution in [-0.2, 0) is 19.4 Å². The summed E-state index contributed by atoms with van der Waals surface area (Å²) in [6.07, 6.45) is 5.90. The van der Waals surface area contributed by atoms with Gasteiger partial charge in [0.1, 0.15) is 12.2 Å². The second kappa shape index (κ2) is 7.00. The van der Waals surface area contributed by atoms with E-state index in [-0.39, 0.29) is 6.04 Å². The lowest BCUT2D eigenvalue weighted by atomic mass is 10.1. The van der Waals surface area contributed by atoms with Crippen molar-refractivity contribution in [2.45, 2.75) is 38.8 Å². The first-order valence-corrected chi connectivity index (χ1v) is 6.84. The summed E-state index contributed by atoms with van der Waals surface area (Å²) in [7, 11) is 1.61. The SMILES string of the molecule is CCCn1ncnc1CC(N)Cc1ccc(OC)nc1. The van der Waals surface area contributed by atoms with Gasteiger partial charge in [-0.2, -0.15) is 5.10 Å². The van der Waals surface area contributed by atoms with Crippen LogP contribution in [-0.4, -0.2) is 32.9 Å². The number of aryl methyl sites for hydroxylation is 1. The smallest absolute Gasteiger partial charge is 0.212 e. The van der Waals surface area contributed by atoms with Gasteiger partial charge in [0.05, 0.1) is 7.11 Å². The topological polar surface area (TPSA) is 78.9 Å². The number of methoxy groups -OCH3 is 1. The van der Waals surface area contributed by atoms with Crippen LogP contribution in [0.1, 0.15) is 24.7 Å². The number of ether oxygens (including phenoxy) is 1. The van der Waals surface area contributed by atoms with Gasteiger partial charge in [-0.1, -0.05) is 13.0 Å². The number of rotatable bonds is 7. The van der Waals surface area contributed by atoms with Crippen molar-refractivity contribution in [3.63, 3.8) is 0 Å². The van der Waals surface area contributed by atoms with Crippen molar-refractivity contribution in [1.82, 2.24) is 19.7 Å². The van der Waals surface area contributed by atoms with Crippen molar-refractivity contribution in [3.05, 3.63) is 36.0 Å². The molecule has 1 atom stereocenters. The molecule has 0 fully saturated rings. The third kappa shape index (κ3) is 3.77. The zero-order chi connectivity index (χ0) is 14.4. The average Bonchev–Trinajstić information content (AvgIpc) is 2.87. The highest BCUT2D eigenvalue weighted by molar-refractivity contribution is 5.18. The van der Waals surface area contributed by atoms with Gasteiger partial charge in [0.2, 0.25) is 5.88 Å². The Kier molecular flexibility index (Phi) is 5.06. The molecule has 20 heavy (non-hydrogen) atoms. The second-order valence-electron chi connectivity index (χ2n) is 4.78. The summed E-state index contributed by atoms with van der Waals surface area (Å²) in [6, 6.07) is 3.84. The van der Waals surface area contributed by atoms with E-state index >= 15 is 0 Å². The maximum Gasteiger partial charge on any atom is 0.212 e. The van der Waals surface area contributed by atoms with E-state index in [1.54, 1.807) is 19.6 Å². The fraction of sp³-hybridized carbons (Fsp3) is 0.500. The van der Waals surface area contributed by atoms with Crippen molar-refractivity contribution in [2.75, 3.05) is 7.11 Å². The largest absolute Gasteiger partial charge is 0.481 e. The lowest BCUT2D eigenvalue weighted by Crippen LogP contribution is -2.27. The van der Waals surface area contributed by atoms with E-state index in [2.05, 4.69) is 22.0 Å². The standard InChI is InChI=1S/C14H21N5O/c1-3-6-19-13(17-10-18-19)8-12(15)7-11-4-5-14(20-2)16-9-11/h4-5,9-10,12H,3,6-8,15H2,1-2H3. The Hall–Kier alpha value is -1.95. The molecule has 0 saturated carbocycles. The lowest BCUT2D eigenvalue weighted by molar-refractivity contribution is 0.397. The second-order valence-corrected chi connectivity index (χ2v) is 4.78. The predicted octanol–water partition coefficient (Wildman–Crippen LogP) is 1.20. The van der Waals surface area contributed by atoms with Gasteiger partial charge in [-0.3, -0.25) is 4.68 Å². The van der Waals surface area contributed by atoms with E-state index < -0.39 is 0 Å². The van der Waals surface area contributed by atoms with E-state index in [1.807, 2.05) is 16.8 Å². The van der Waals surface area contributed by atoms with E-state index in [4.69, 9.17) is 10.5 Å². The van der Waals surface area contributed by atoms with Crippen molar-refractivity contribution in [3.8, 4) is 5.88 Å². The third-order valence-electron chi connectivity index (χ3n) is 3.08. The van der Waals surface area contributed by atoms with Gasteiger partial charge < -0.3 is 10.5 Å². The summed E-state index contributed by atoms with van der Waals surface area (Å²) < 4.78 is 6.96. The van der Waals surface area contributed by atoms with Crippen molar-refractivity contribution < 1.29 is 4.74 Å². The molecule has 6 heteroatoms. The number of hydrogen-bond donors (Lipinski definition) is 1. The average molecular weight is 275 g/mol. The first-order valence-electron chi connectivity index (χ1n) is 6.84. The molecule has 6 nitrogen and oxygen atoms in total. The van der Waals surface area contributed by atoms with Crippen LogP contribution in [0, 0.1) is 0 Å². The van der Waals surface area contributed by atoms with Gasteiger partial charge in [0.25, 0.3) is 0 Å². The molecule has 0 aliphatic rings. The van der Waals surface area contributed by atoms with Gasteiger partial charge in [0, 0.05) is 31.3 Å². The van der Waals surface area contributed by atoms with E-state index in [9.17, 15) is 0 Å². The summed E-state index contributed by atoms with van der Waals surface area (Å²) in [5.41, 5.74) is 7.29. The maximum absolute atomic E-state index is 6.19. The van der Waals surface area contributed by atoms with Gasteiger partial charge in [-0.15, -0.1) is 0 Å². The third-order valence-corrected chi connectivity index (χ3v) is 3.08. The molecule has 2 heterocycles. The van der Waals surface area contributed by atoms with Crippen LogP contribution in [0.4, 0.5) is 0 Å². The first-order chi connectivity index (χ1) is 9.72. The van der Waals surface area contributed by atoms with Gasteiger partial charge >= 0.3 is 0 Å². The highest BCUT2D eigenvalue weighted by atomic mass is 16.5. The molecule has 0 aliphatic heterocycles. The van der Waals surface area contributed by atoms with E-state index in [1.165, 1.54) is 0 Å². The molecule has 2 aromatic rings. The highest BCUT2D eigenvalue weighted by Crippen LogP contribution is 2.10.